The Morgan fingerprint density at radius 3 is 2.39 bits per heavy atom. The zero-order chi connectivity index (χ0) is 27.8. The second-order valence-corrected chi connectivity index (χ2v) is 8.92. The molecule has 2 aliphatic rings. The van der Waals surface area contributed by atoms with Gasteiger partial charge in [0.25, 0.3) is 0 Å². The maximum absolute atomic E-state index is 12.4. The SMILES string of the molecule is COC(=O)C1=COC(OC2OC(CO)C(O)C(O)C2O)C(CC=O)C1COC(=O)CCc1ccc(O)cc1. The van der Waals surface area contributed by atoms with E-state index in [1.807, 2.05) is 0 Å². The van der Waals surface area contributed by atoms with E-state index in [2.05, 4.69) is 0 Å². The molecule has 8 atom stereocenters. The fourth-order valence-electron chi connectivity index (χ4n) is 4.28. The summed E-state index contributed by atoms with van der Waals surface area (Å²) in [6.45, 7) is -1.00. The van der Waals surface area contributed by atoms with Crippen LogP contribution in [0.25, 0.3) is 0 Å². The van der Waals surface area contributed by atoms with E-state index in [1.165, 1.54) is 12.1 Å². The Morgan fingerprint density at radius 2 is 1.76 bits per heavy atom. The highest BCUT2D eigenvalue weighted by molar-refractivity contribution is 5.89. The number of methoxy groups -OCH3 is 1. The van der Waals surface area contributed by atoms with Crippen LogP contribution in [0.4, 0.5) is 0 Å². The summed E-state index contributed by atoms with van der Waals surface area (Å²) in [5, 5.41) is 49.1. The average molecular weight is 541 g/mol. The maximum Gasteiger partial charge on any atom is 0.337 e. The number of aromatic hydroxyl groups is 1. The summed E-state index contributed by atoms with van der Waals surface area (Å²) in [4.78, 5) is 36.4. The molecule has 0 aromatic heterocycles. The summed E-state index contributed by atoms with van der Waals surface area (Å²) in [6.07, 6.45) is -7.42. The van der Waals surface area contributed by atoms with Gasteiger partial charge in [-0.3, -0.25) is 4.79 Å². The van der Waals surface area contributed by atoms with Gasteiger partial charge in [-0.05, 0) is 24.1 Å². The minimum absolute atomic E-state index is 0.00835. The van der Waals surface area contributed by atoms with Crippen molar-refractivity contribution in [2.45, 2.75) is 56.3 Å². The van der Waals surface area contributed by atoms with Crippen LogP contribution in [0.5, 0.6) is 5.75 Å². The number of benzene rings is 1. The minimum Gasteiger partial charge on any atom is -0.508 e. The number of aliphatic hydroxyl groups is 4. The molecule has 3 rings (SSSR count). The Morgan fingerprint density at radius 1 is 1.05 bits per heavy atom. The van der Waals surface area contributed by atoms with Gasteiger partial charge in [0.1, 0.15) is 36.5 Å². The van der Waals surface area contributed by atoms with Crippen LogP contribution in [0.3, 0.4) is 0 Å². The van der Waals surface area contributed by atoms with Gasteiger partial charge in [0.05, 0.1) is 32.2 Å². The van der Waals surface area contributed by atoms with Crippen LogP contribution in [0.1, 0.15) is 18.4 Å². The lowest BCUT2D eigenvalue weighted by atomic mass is 9.82. The van der Waals surface area contributed by atoms with Crippen molar-refractivity contribution in [3.8, 4) is 5.75 Å². The van der Waals surface area contributed by atoms with Crippen molar-refractivity contribution < 1.29 is 63.6 Å². The monoisotopic (exact) mass is 540 g/mol. The number of carbonyl (C=O) groups is 3. The predicted molar refractivity (Wildman–Crippen MR) is 125 cm³/mol. The van der Waals surface area contributed by atoms with Crippen molar-refractivity contribution in [2.75, 3.05) is 20.3 Å². The lowest BCUT2D eigenvalue weighted by Gasteiger charge is -2.43. The van der Waals surface area contributed by atoms with Gasteiger partial charge < -0.3 is 54.0 Å². The molecule has 210 valence electrons. The molecule has 1 fully saturated rings. The van der Waals surface area contributed by atoms with E-state index in [-0.39, 0.29) is 30.8 Å². The van der Waals surface area contributed by atoms with Crippen molar-refractivity contribution in [1.82, 2.24) is 0 Å². The van der Waals surface area contributed by atoms with Crippen molar-refractivity contribution in [3.63, 3.8) is 0 Å². The first-order valence-corrected chi connectivity index (χ1v) is 12.0. The van der Waals surface area contributed by atoms with Gasteiger partial charge in [0, 0.05) is 24.7 Å². The molecule has 5 N–H and O–H groups in total. The zero-order valence-corrected chi connectivity index (χ0v) is 20.6. The van der Waals surface area contributed by atoms with Crippen LogP contribution in [-0.4, -0.2) is 101 Å². The molecule has 0 bridgehead atoms. The fraction of sp³-hybridized carbons (Fsp3) is 0.560. The van der Waals surface area contributed by atoms with Crippen LogP contribution in [0.15, 0.2) is 36.1 Å². The highest BCUT2D eigenvalue weighted by atomic mass is 16.8. The van der Waals surface area contributed by atoms with Crippen LogP contribution >= 0.6 is 0 Å². The Hall–Kier alpha value is -3.07. The number of phenolic OH excluding ortho intramolecular Hbond substituents is 1. The van der Waals surface area contributed by atoms with Crippen molar-refractivity contribution in [1.29, 1.82) is 0 Å². The van der Waals surface area contributed by atoms with E-state index >= 15 is 0 Å². The normalized spacial score (nSPS) is 31.0. The van der Waals surface area contributed by atoms with E-state index in [4.69, 9.17) is 23.7 Å². The largest absolute Gasteiger partial charge is 0.508 e. The molecule has 8 unspecified atom stereocenters. The Kier molecular flexibility index (Phi) is 10.6. The standard InChI is InChI=1S/C25H32O13/c1-34-23(33)17-12-36-24(38-25-22(32)21(31)20(30)18(10-27)37-25)15(8-9-26)16(17)11-35-19(29)7-4-13-2-5-14(28)6-3-13/h2-3,5-6,9,12,15-16,18,20-22,24-25,27-28,30-32H,4,7-8,10-11H2,1H3. The third kappa shape index (κ3) is 7.07. The van der Waals surface area contributed by atoms with Crippen molar-refractivity contribution >= 4 is 18.2 Å². The second-order valence-electron chi connectivity index (χ2n) is 8.92. The summed E-state index contributed by atoms with van der Waals surface area (Å²) < 4.78 is 26.7. The number of carbonyl (C=O) groups excluding carboxylic acids is 3. The number of hydrogen-bond donors (Lipinski definition) is 5. The summed E-state index contributed by atoms with van der Waals surface area (Å²) in [5.74, 6) is -3.08. The first-order valence-electron chi connectivity index (χ1n) is 12.0. The van der Waals surface area contributed by atoms with Gasteiger partial charge in [-0.25, -0.2) is 4.79 Å². The van der Waals surface area contributed by atoms with Crippen LogP contribution in [0, 0.1) is 11.8 Å². The first-order chi connectivity index (χ1) is 18.2. The number of ether oxygens (including phenoxy) is 5. The summed E-state index contributed by atoms with van der Waals surface area (Å²) >= 11 is 0. The van der Waals surface area contributed by atoms with Crippen molar-refractivity contribution in [3.05, 3.63) is 41.7 Å². The number of hydrogen-bond acceptors (Lipinski definition) is 13. The van der Waals surface area contributed by atoms with Gasteiger partial charge in [-0.15, -0.1) is 0 Å². The molecule has 0 radical (unpaired) electrons. The second kappa shape index (κ2) is 13.6. The molecular weight excluding hydrogens is 508 g/mol. The van der Waals surface area contributed by atoms with Crippen LogP contribution in [0.2, 0.25) is 0 Å². The number of rotatable bonds is 11. The Balaban J connectivity index is 1.72. The van der Waals surface area contributed by atoms with Gasteiger partial charge in [0.15, 0.2) is 6.29 Å². The third-order valence-corrected chi connectivity index (χ3v) is 6.48. The highest BCUT2D eigenvalue weighted by Gasteiger charge is 2.48. The zero-order valence-electron chi connectivity index (χ0n) is 20.6. The average Bonchev–Trinajstić information content (AvgIpc) is 2.92. The third-order valence-electron chi connectivity index (χ3n) is 6.48. The molecule has 0 amide bonds. The summed E-state index contributed by atoms with van der Waals surface area (Å²) in [6, 6.07) is 6.33. The smallest absolute Gasteiger partial charge is 0.337 e. The van der Waals surface area contributed by atoms with Gasteiger partial charge >= 0.3 is 11.9 Å². The Bertz CT molecular complexity index is 976. The highest BCUT2D eigenvalue weighted by Crippen LogP contribution is 2.36. The van der Waals surface area contributed by atoms with Crippen LogP contribution in [-0.2, 0) is 44.5 Å². The maximum atomic E-state index is 12.4. The summed E-state index contributed by atoms with van der Waals surface area (Å²) in [7, 11) is 1.15. The number of phenols is 1. The molecule has 0 aliphatic carbocycles. The molecule has 1 saturated heterocycles. The van der Waals surface area contributed by atoms with Gasteiger partial charge in [0.2, 0.25) is 6.29 Å². The minimum atomic E-state index is -1.73. The van der Waals surface area contributed by atoms with Gasteiger partial charge in [-0.1, -0.05) is 12.1 Å². The van der Waals surface area contributed by atoms with Crippen LogP contribution < -0.4 is 0 Å². The number of aliphatic hydroxyl groups excluding tert-OH is 4. The quantitative estimate of drug-likeness (QED) is 0.168. The predicted octanol–water partition coefficient (Wildman–Crippen LogP) is -1.08. The lowest BCUT2D eigenvalue weighted by Crippen LogP contribution is -2.60. The molecule has 1 aromatic rings. The number of aldehydes is 1. The molecule has 2 heterocycles. The molecule has 0 spiro atoms. The lowest BCUT2D eigenvalue weighted by molar-refractivity contribution is -0.341. The first kappa shape index (κ1) is 29.5. The number of esters is 2. The topological polar surface area (TPSA) is 199 Å². The van der Waals surface area contributed by atoms with E-state index in [1.54, 1.807) is 12.1 Å². The van der Waals surface area contributed by atoms with Gasteiger partial charge in [-0.2, -0.15) is 0 Å². The van der Waals surface area contributed by atoms with E-state index < -0.39 is 67.4 Å². The molecule has 13 nitrogen and oxygen atoms in total. The molecule has 38 heavy (non-hydrogen) atoms. The van der Waals surface area contributed by atoms with E-state index in [0.717, 1.165) is 18.9 Å². The Labute approximate surface area is 218 Å². The fourth-order valence-corrected chi connectivity index (χ4v) is 4.28. The number of aryl methyl sites for hydroxylation is 1. The molecule has 1 aromatic carbocycles. The molecule has 13 heteroatoms. The molecular formula is C25H32O13. The molecule has 0 saturated carbocycles. The van der Waals surface area contributed by atoms with E-state index in [0.29, 0.717) is 12.7 Å². The molecule has 2 aliphatic heterocycles. The van der Waals surface area contributed by atoms with Crippen molar-refractivity contribution in [2.24, 2.45) is 11.8 Å². The van der Waals surface area contributed by atoms with E-state index in [9.17, 15) is 39.9 Å². The summed E-state index contributed by atoms with van der Waals surface area (Å²) in [5.41, 5.74) is 0.784.